The first-order chi connectivity index (χ1) is 8.20. The third kappa shape index (κ3) is 3.43. The van der Waals surface area contributed by atoms with Crippen LogP contribution in [0.15, 0.2) is 4.42 Å². The van der Waals surface area contributed by atoms with Crippen molar-refractivity contribution in [2.75, 3.05) is 11.9 Å². The Balaban J connectivity index is 1.86. The van der Waals surface area contributed by atoms with Gasteiger partial charge in [-0.15, -0.1) is 5.10 Å². The molecule has 0 radical (unpaired) electrons. The lowest BCUT2D eigenvalue weighted by Crippen LogP contribution is -2.28. The van der Waals surface area contributed by atoms with Gasteiger partial charge < -0.3 is 14.6 Å². The van der Waals surface area contributed by atoms with E-state index >= 15 is 0 Å². The van der Waals surface area contributed by atoms with Gasteiger partial charge in [-0.05, 0) is 26.2 Å². The Bertz CT molecular complexity index is 348. The SMILES string of the molecule is CCCC(C)N(C)c1nnc(CNC2CC2)o1. The molecule has 1 N–H and O–H groups in total. The standard InChI is InChI=1S/C12H22N4O/c1-4-5-9(2)16(3)12-15-14-11(17-12)8-13-10-6-7-10/h9-10,13H,4-8H2,1-3H3. The molecule has 96 valence electrons. The second-order valence-electron chi connectivity index (χ2n) is 4.88. The minimum atomic E-state index is 0.435. The molecule has 1 saturated carbocycles. The zero-order valence-electron chi connectivity index (χ0n) is 10.9. The topological polar surface area (TPSA) is 54.2 Å². The minimum Gasteiger partial charge on any atom is -0.407 e. The normalized spacial score (nSPS) is 17.1. The van der Waals surface area contributed by atoms with Gasteiger partial charge in [0.25, 0.3) is 0 Å². The lowest BCUT2D eigenvalue weighted by Gasteiger charge is -2.21. The molecule has 2 rings (SSSR count). The van der Waals surface area contributed by atoms with Crippen molar-refractivity contribution in [2.24, 2.45) is 0 Å². The van der Waals surface area contributed by atoms with Crippen LogP contribution in [0.4, 0.5) is 6.01 Å². The van der Waals surface area contributed by atoms with Crippen molar-refractivity contribution in [2.45, 2.75) is 58.2 Å². The van der Waals surface area contributed by atoms with Gasteiger partial charge in [0, 0.05) is 19.1 Å². The summed E-state index contributed by atoms with van der Waals surface area (Å²) in [4.78, 5) is 2.05. The summed E-state index contributed by atoms with van der Waals surface area (Å²) in [6.45, 7) is 5.05. The van der Waals surface area contributed by atoms with Crippen LogP contribution in [0, 0.1) is 0 Å². The fourth-order valence-corrected chi connectivity index (χ4v) is 1.78. The average molecular weight is 238 g/mol. The molecule has 1 fully saturated rings. The van der Waals surface area contributed by atoms with Crippen LogP contribution in [-0.4, -0.2) is 29.3 Å². The van der Waals surface area contributed by atoms with Gasteiger partial charge in [0.2, 0.25) is 5.89 Å². The predicted molar refractivity (Wildman–Crippen MR) is 66.9 cm³/mol. The molecular formula is C12H22N4O. The number of nitrogens with zero attached hydrogens (tertiary/aromatic N) is 3. The number of rotatable bonds is 7. The Morgan fingerprint density at radius 3 is 2.88 bits per heavy atom. The predicted octanol–water partition coefficient (Wildman–Crippen LogP) is 1.95. The maximum atomic E-state index is 5.63. The van der Waals surface area contributed by atoms with Crippen LogP contribution in [0.2, 0.25) is 0 Å². The summed E-state index contributed by atoms with van der Waals surface area (Å²) >= 11 is 0. The van der Waals surface area contributed by atoms with Crippen LogP contribution in [0.3, 0.4) is 0 Å². The van der Waals surface area contributed by atoms with Crippen molar-refractivity contribution in [3.63, 3.8) is 0 Å². The molecule has 17 heavy (non-hydrogen) atoms. The zero-order chi connectivity index (χ0) is 12.3. The summed E-state index contributed by atoms with van der Waals surface area (Å²) in [6, 6.07) is 1.73. The molecule has 0 bridgehead atoms. The van der Waals surface area contributed by atoms with Crippen molar-refractivity contribution >= 4 is 6.01 Å². The van der Waals surface area contributed by atoms with E-state index in [2.05, 4.69) is 34.3 Å². The van der Waals surface area contributed by atoms with Gasteiger partial charge in [-0.2, -0.15) is 0 Å². The number of hydrogen-bond donors (Lipinski definition) is 1. The Hall–Kier alpha value is -1.10. The number of nitrogens with one attached hydrogen (secondary N) is 1. The van der Waals surface area contributed by atoms with Crippen LogP contribution in [-0.2, 0) is 6.54 Å². The monoisotopic (exact) mass is 238 g/mol. The number of anilines is 1. The van der Waals surface area contributed by atoms with Gasteiger partial charge in [0.05, 0.1) is 6.54 Å². The number of hydrogen-bond acceptors (Lipinski definition) is 5. The van der Waals surface area contributed by atoms with Crippen molar-refractivity contribution in [3.8, 4) is 0 Å². The lowest BCUT2D eigenvalue weighted by molar-refractivity contribution is 0.451. The minimum absolute atomic E-state index is 0.435. The molecule has 0 amide bonds. The molecule has 5 heteroatoms. The van der Waals surface area contributed by atoms with E-state index in [4.69, 9.17) is 4.42 Å². The van der Waals surface area contributed by atoms with Crippen LogP contribution < -0.4 is 10.2 Å². The van der Waals surface area contributed by atoms with E-state index in [1.807, 2.05) is 7.05 Å². The lowest BCUT2D eigenvalue weighted by atomic mass is 10.2. The quantitative estimate of drug-likeness (QED) is 0.787. The second-order valence-corrected chi connectivity index (χ2v) is 4.88. The Kier molecular flexibility index (Phi) is 3.99. The fourth-order valence-electron chi connectivity index (χ4n) is 1.78. The maximum absolute atomic E-state index is 5.63. The average Bonchev–Trinajstić information content (AvgIpc) is 3.03. The summed E-state index contributed by atoms with van der Waals surface area (Å²) in [6.07, 6.45) is 4.84. The van der Waals surface area contributed by atoms with Crippen LogP contribution in [0.25, 0.3) is 0 Å². The van der Waals surface area contributed by atoms with E-state index in [-0.39, 0.29) is 0 Å². The third-order valence-corrected chi connectivity index (χ3v) is 3.24. The maximum Gasteiger partial charge on any atom is 0.318 e. The molecule has 1 heterocycles. The van der Waals surface area contributed by atoms with Crippen molar-refractivity contribution < 1.29 is 4.42 Å². The first-order valence-electron chi connectivity index (χ1n) is 6.49. The summed E-state index contributed by atoms with van der Waals surface area (Å²) in [5.41, 5.74) is 0. The van der Waals surface area contributed by atoms with Crippen LogP contribution >= 0.6 is 0 Å². The smallest absolute Gasteiger partial charge is 0.318 e. The highest BCUT2D eigenvalue weighted by Gasteiger charge is 2.21. The summed E-state index contributed by atoms with van der Waals surface area (Å²) in [7, 11) is 2.01. The molecule has 1 atom stereocenters. The first kappa shape index (κ1) is 12.4. The largest absolute Gasteiger partial charge is 0.407 e. The van der Waals surface area contributed by atoms with Gasteiger partial charge in [-0.25, -0.2) is 0 Å². The highest BCUT2D eigenvalue weighted by Crippen LogP contribution is 2.20. The molecule has 0 aromatic carbocycles. The Morgan fingerprint density at radius 2 is 2.24 bits per heavy atom. The Morgan fingerprint density at radius 1 is 1.47 bits per heavy atom. The first-order valence-corrected chi connectivity index (χ1v) is 6.49. The van der Waals surface area contributed by atoms with E-state index in [1.54, 1.807) is 0 Å². The Labute approximate surface area is 103 Å². The molecule has 1 unspecified atom stereocenters. The molecule has 0 aliphatic heterocycles. The zero-order valence-corrected chi connectivity index (χ0v) is 10.9. The molecular weight excluding hydrogens is 216 g/mol. The highest BCUT2D eigenvalue weighted by molar-refractivity contribution is 5.23. The molecule has 5 nitrogen and oxygen atoms in total. The van der Waals surface area contributed by atoms with Gasteiger partial charge >= 0.3 is 6.01 Å². The summed E-state index contributed by atoms with van der Waals surface area (Å²) in [5.74, 6) is 0.683. The fraction of sp³-hybridized carbons (Fsp3) is 0.833. The summed E-state index contributed by atoms with van der Waals surface area (Å²) < 4.78 is 5.63. The van der Waals surface area contributed by atoms with E-state index in [9.17, 15) is 0 Å². The van der Waals surface area contributed by atoms with Gasteiger partial charge in [0.15, 0.2) is 0 Å². The van der Waals surface area contributed by atoms with Gasteiger partial charge in [-0.3, -0.25) is 0 Å². The molecule has 1 aromatic heterocycles. The highest BCUT2D eigenvalue weighted by atomic mass is 16.4. The van der Waals surface area contributed by atoms with Gasteiger partial charge in [-0.1, -0.05) is 18.4 Å². The van der Waals surface area contributed by atoms with Gasteiger partial charge in [0.1, 0.15) is 0 Å². The third-order valence-electron chi connectivity index (χ3n) is 3.24. The molecule has 0 saturated heterocycles. The second kappa shape index (κ2) is 5.49. The van der Waals surface area contributed by atoms with E-state index in [0.29, 0.717) is 30.5 Å². The van der Waals surface area contributed by atoms with Crippen molar-refractivity contribution in [1.82, 2.24) is 15.5 Å². The van der Waals surface area contributed by atoms with E-state index in [1.165, 1.54) is 12.8 Å². The van der Waals surface area contributed by atoms with Crippen LogP contribution in [0.5, 0.6) is 0 Å². The molecule has 1 aliphatic carbocycles. The molecule has 1 aliphatic rings. The molecule has 0 spiro atoms. The van der Waals surface area contributed by atoms with E-state index in [0.717, 1.165) is 12.8 Å². The molecule has 1 aromatic rings. The van der Waals surface area contributed by atoms with Crippen LogP contribution in [0.1, 0.15) is 45.4 Å². The summed E-state index contributed by atoms with van der Waals surface area (Å²) in [5, 5.41) is 11.5. The van der Waals surface area contributed by atoms with E-state index < -0.39 is 0 Å². The van der Waals surface area contributed by atoms with Crippen molar-refractivity contribution in [1.29, 1.82) is 0 Å². The van der Waals surface area contributed by atoms with Crippen molar-refractivity contribution in [3.05, 3.63) is 5.89 Å². The number of aromatic nitrogens is 2.